The Bertz CT molecular complexity index is 909. The number of esters is 1. The quantitative estimate of drug-likeness (QED) is 0.411. The predicted octanol–water partition coefficient (Wildman–Crippen LogP) is 3.72. The first kappa shape index (κ1) is 19.5. The summed E-state index contributed by atoms with van der Waals surface area (Å²) in [6.45, 7) is 1.99. The van der Waals surface area contributed by atoms with Crippen molar-refractivity contribution in [1.29, 1.82) is 0 Å². The first-order valence-corrected chi connectivity index (χ1v) is 8.91. The maximum atomic E-state index is 13.1. The molecule has 0 aromatic heterocycles. The van der Waals surface area contributed by atoms with Gasteiger partial charge >= 0.3 is 5.97 Å². The van der Waals surface area contributed by atoms with Gasteiger partial charge in [-0.25, -0.2) is 9.18 Å². The van der Waals surface area contributed by atoms with Crippen molar-refractivity contribution in [3.63, 3.8) is 0 Å². The van der Waals surface area contributed by atoms with Gasteiger partial charge < -0.3 is 9.64 Å². The molecule has 1 saturated carbocycles. The SMILES string of the molecule is CCOC(=O)c1cc(C(=O)N(Cc2ccc(F)cc2)C2CC2)cc([N+](=O)[O-])c1. The van der Waals surface area contributed by atoms with E-state index in [9.17, 15) is 24.1 Å². The van der Waals surface area contributed by atoms with Gasteiger partial charge in [-0.3, -0.25) is 14.9 Å². The zero-order valence-electron chi connectivity index (χ0n) is 15.3. The molecular formula is C20H19FN2O5. The summed E-state index contributed by atoms with van der Waals surface area (Å²) in [5.74, 6) is -1.51. The highest BCUT2D eigenvalue weighted by molar-refractivity contribution is 5.99. The van der Waals surface area contributed by atoms with Crippen molar-refractivity contribution in [2.24, 2.45) is 0 Å². The predicted molar refractivity (Wildman–Crippen MR) is 98.3 cm³/mol. The molecule has 0 spiro atoms. The number of nitrogens with zero attached hydrogens (tertiary/aromatic N) is 2. The fraction of sp³-hybridized carbons (Fsp3) is 0.300. The lowest BCUT2D eigenvalue weighted by Gasteiger charge is -2.23. The third-order valence-electron chi connectivity index (χ3n) is 4.40. The topological polar surface area (TPSA) is 89.8 Å². The number of benzene rings is 2. The highest BCUT2D eigenvalue weighted by Crippen LogP contribution is 2.31. The molecule has 1 amide bonds. The number of carbonyl (C=O) groups excluding carboxylic acids is 2. The molecule has 2 aromatic rings. The molecule has 0 unspecified atom stereocenters. The van der Waals surface area contributed by atoms with Crippen molar-refractivity contribution < 1.29 is 23.6 Å². The highest BCUT2D eigenvalue weighted by atomic mass is 19.1. The second-order valence-corrected chi connectivity index (χ2v) is 6.54. The standard InChI is InChI=1S/C20H19FN2O5/c1-2-28-20(25)15-9-14(10-18(11-15)23(26)27)19(24)22(17-7-8-17)12-13-3-5-16(21)6-4-13/h3-6,9-11,17H,2,7-8,12H2,1H3. The van der Waals surface area contributed by atoms with E-state index in [0.29, 0.717) is 0 Å². The number of amides is 1. The van der Waals surface area contributed by atoms with E-state index in [-0.39, 0.29) is 41.8 Å². The fourth-order valence-corrected chi connectivity index (χ4v) is 2.88. The number of hydrogen-bond donors (Lipinski definition) is 0. The number of halogens is 1. The van der Waals surface area contributed by atoms with E-state index in [1.807, 2.05) is 0 Å². The lowest BCUT2D eigenvalue weighted by Crippen LogP contribution is -2.32. The van der Waals surface area contributed by atoms with Crippen LogP contribution in [-0.4, -0.2) is 34.3 Å². The molecule has 146 valence electrons. The van der Waals surface area contributed by atoms with Gasteiger partial charge in [0.25, 0.3) is 11.6 Å². The molecule has 0 aliphatic heterocycles. The van der Waals surface area contributed by atoms with Crippen LogP contribution in [0.1, 0.15) is 46.0 Å². The third-order valence-corrected chi connectivity index (χ3v) is 4.40. The first-order chi connectivity index (χ1) is 13.4. The van der Waals surface area contributed by atoms with Gasteiger partial charge in [-0.05, 0) is 43.5 Å². The van der Waals surface area contributed by atoms with E-state index in [1.54, 1.807) is 24.0 Å². The molecule has 1 fully saturated rings. The summed E-state index contributed by atoms with van der Waals surface area (Å²) < 4.78 is 18.0. The molecule has 2 aromatic carbocycles. The Kier molecular flexibility index (Phi) is 5.67. The molecule has 3 rings (SSSR count). The van der Waals surface area contributed by atoms with Crippen LogP contribution in [0.4, 0.5) is 10.1 Å². The zero-order chi connectivity index (χ0) is 20.3. The summed E-state index contributed by atoms with van der Waals surface area (Å²) in [7, 11) is 0. The largest absolute Gasteiger partial charge is 0.462 e. The molecule has 0 heterocycles. The van der Waals surface area contributed by atoms with E-state index in [0.717, 1.165) is 30.5 Å². The van der Waals surface area contributed by atoms with E-state index >= 15 is 0 Å². The van der Waals surface area contributed by atoms with Gasteiger partial charge in [0.05, 0.1) is 17.1 Å². The van der Waals surface area contributed by atoms with Crippen molar-refractivity contribution in [2.45, 2.75) is 32.4 Å². The monoisotopic (exact) mass is 386 g/mol. The maximum Gasteiger partial charge on any atom is 0.338 e. The molecule has 0 atom stereocenters. The second kappa shape index (κ2) is 8.16. The van der Waals surface area contributed by atoms with Gasteiger partial charge in [-0.1, -0.05) is 12.1 Å². The minimum atomic E-state index is -0.725. The second-order valence-electron chi connectivity index (χ2n) is 6.54. The average molecular weight is 386 g/mol. The Labute approximate surface area is 160 Å². The van der Waals surface area contributed by atoms with Gasteiger partial charge in [0, 0.05) is 30.3 Å². The van der Waals surface area contributed by atoms with E-state index in [2.05, 4.69) is 0 Å². The summed E-state index contributed by atoms with van der Waals surface area (Å²) in [4.78, 5) is 37.3. The molecule has 0 bridgehead atoms. The van der Waals surface area contributed by atoms with Gasteiger partial charge in [0.1, 0.15) is 5.82 Å². The molecular weight excluding hydrogens is 367 g/mol. The van der Waals surface area contributed by atoms with E-state index in [4.69, 9.17) is 4.74 Å². The number of nitro groups is 1. The number of non-ortho nitro benzene ring substituents is 1. The molecule has 7 nitrogen and oxygen atoms in total. The minimum absolute atomic E-state index is 0.0165. The number of hydrogen-bond acceptors (Lipinski definition) is 5. The van der Waals surface area contributed by atoms with Crippen molar-refractivity contribution >= 4 is 17.6 Å². The lowest BCUT2D eigenvalue weighted by atomic mass is 10.1. The number of carbonyl (C=O) groups is 2. The molecule has 8 heteroatoms. The Hall–Kier alpha value is -3.29. The van der Waals surface area contributed by atoms with Crippen LogP contribution in [0.15, 0.2) is 42.5 Å². The summed E-state index contributed by atoms with van der Waals surface area (Å²) in [6, 6.07) is 9.40. The fourth-order valence-electron chi connectivity index (χ4n) is 2.88. The van der Waals surface area contributed by atoms with Gasteiger partial charge in [-0.15, -0.1) is 0 Å². The number of nitro benzene ring substituents is 1. The number of ether oxygens (including phenoxy) is 1. The molecule has 0 saturated heterocycles. The Morgan fingerprint density at radius 3 is 2.39 bits per heavy atom. The number of rotatable bonds is 7. The van der Waals surface area contributed by atoms with Crippen molar-refractivity contribution in [3.05, 3.63) is 75.1 Å². The molecule has 0 N–H and O–H groups in total. The van der Waals surface area contributed by atoms with Crippen LogP contribution in [0, 0.1) is 15.9 Å². The van der Waals surface area contributed by atoms with Crippen molar-refractivity contribution in [1.82, 2.24) is 4.90 Å². The first-order valence-electron chi connectivity index (χ1n) is 8.91. The molecule has 1 aliphatic carbocycles. The summed E-state index contributed by atoms with van der Waals surface area (Å²) in [5.41, 5.74) is 0.396. The van der Waals surface area contributed by atoms with E-state index in [1.165, 1.54) is 18.2 Å². The summed E-state index contributed by atoms with van der Waals surface area (Å²) in [5, 5.41) is 11.2. The molecule has 0 radical (unpaired) electrons. The van der Waals surface area contributed by atoms with Gasteiger partial charge in [0.2, 0.25) is 0 Å². The third kappa shape index (κ3) is 4.51. The average Bonchev–Trinajstić information content (AvgIpc) is 3.52. The zero-order valence-corrected chi connectivity index (χ0v) is 15.3. The van der Waals surface area contributed by atoms with E-state index < -0.39 is 16.8 Å². The Morgan fingerprint density at radius 1 is 1.18 bits per heavy atom. The smallest absolute Gasteiger partial charge is 0.338 e. The maximum absolute atomic E-state index is 13.1. The summed E-state index contributed by atoms with van der Waals surface area (Å²) in [6.07, 6.45) is 1.65. The van der Waals surface area contributed by atoms with Crippen LogP contribution in [-0.2, 0) is 11.3 Å². The normalized spacial score (nSPS) is 13.1. The van der Waals surface area contributed by atoms with Crippen LogP contribution < -0.4 is 0 Å². The molecule has 28 heavy (non-hydrogen) atoms. The van der Waals surface area contributed by atoms with Crippen molar-refractivity contribution in [3.8, 4) is 0 Å². The van der Waals surface area contributed by atoms with Crippen LogP contribution in [0.25, 0.3) is 0 Å². The summed E-state index contributed by atoms with van der Waals surface area (Å²) >= 11 is 0. The van der Waals surface area contributed by atoms with Crippen LogP contribution in [0.3, 0.4) is 0 Å². The highest BCUT2D eigenvalue weighted by Gasteiger charge is 2.34. The Balaban J connectivity index is 1.92. The van der Waals surface area contributed by atoms with Crippen LogP contribution in [0.5, 0.6) is 0 Å². The van der Waals surface area contributed by atoms with Gasteiger partial charge in [0.15, 0.2) is 0 Å². The Morgan fingerprint density at radius 2 is 1.82 bits per heavy atom. The molecule has 1 aliphatic rings. The van der Waals surface area contributed by atoms with Gasteiger partial charge in [-0.2, -0.15) is 0 Å². The van der Waals surface area contributed by atoms with Crippen LogP contribution in [0.2, 0.25) is 0 Å². The lowest BCUT2D eigenvalue weighted by molar-refractivity contribution is -0.384. The minimum Gasteiger partial charge on any atom is -0.462 e. The van der Waals surface area contributed by atoms with Crippen molar-refractivity contribution in [2.75, 3.05) is 6.61 Å². The van der Waals surface area contributed by atoms with Crippen LogP contribution >= 0.6 is 0 Å².